The van der Waals surface area contributed by atoms with Crippen LogP contribution in [0.4, 0.5) is 17.6 Å². The van der Waals surface area contributed by atoms with Gasteiger partial charge in [-0.05, 0) is 6.92 Å². The maximum absolute atomic E-state index is 13.3. The maximum Gasteiger partial charge on any atom is 0.422 e. The molecule has 1 N–H and O–H groups in total. The second kappa shape index (κ2) is 6.57. The summed E-state index contributed by atoms with van der Waals surface area (Å²) < 4.78 is 75.8. The molecule has 4 nitrogen and oxygen atoms in total. The van der Waals surface area contributed by atoms with Gasteiger partial charge in [-0.3, -0.25) is 0 Å². The second-order valence-corrected chi connectivity index (χ2v) is 7.95. The Bertz CT molecular complexity index is 400. The number of halogens is 4. The van der Waals surface area contributed by atoms with E-state index in [2.05, 4.69) is 4.72 Å². The Hall–Kier alpha value is -0.410. The maximum atomic E-state index is 13.3. The molecule has 0 aliphatic carbocycles. The van der Waals surface area contributed by atoms with Crippen molar-refractivity contribution in [3.63, 3.8) is 0 Å². The second-order valence-electron chi connectivity index (χ2n) is 6.03. The summed E-state index contributed by atoms with van der Waals surface area (Å²) in [5, 5.41) is 0. The van der Waals surface area contributed by atoms with E-state index in [0.717, 1.165) is 0 Å². The summed E-state index contributed by atoms with van der Waals surface area (Å²) in [5.74, 6) is -0.885. The third-order valence-corrected chi connectivity index (χ3v) is 4.14. The monoisotopic (exact) mass is 323 g/mol. The van der Waals surface area contributed by atoms with Crippen LogP contribution in [-0.2, 0) is 10.0 Å². The van der Waals surface area contributed by atoms with Crippen LogP contribution in [0.5, 0.6) is 0 Å². The van der Waals surface area contributed by atoms with Gasteiger partial charge >= 0.3 is 6.18 Å². The van der Waals surface area contributed by atoms with Crippen LogP contribution in [0.3, 0.4) is 0 Å². The number of rotatable bonds is 8. The fraction of sp³-hybridized carbons (Fsp3) is 1.00. The summed E-state index contributed by atoms with van der Waals surface area (Å²) in [6.07, 6.45) is -5.62. The van der Waals surface area contributed by atoms with Crippen molar-refractivity contribution < 1.29 is 30.5 Å². The molecule has 1 atom stereocenters. The fourth-order valence-corrected chi connectivity index (χ4v) is 2.57. The minimum absolute atomic E-state index is 0.132. The molecule has 0 fully saturated rings. The molecule has 1 unspecified atom stereocenters. The summed E-state index contributed by atoms with van der Waals surface area (Å²) in [5.41, 5.74) is -3.50. The number of nitrogens with one attached hydrogen (secondary N) is 1. The first kappa shape index (κ1) is 19.6. The van der Waals surface area contributed by atoms with Gasteiger partial charge in [0, 0.05) is 19.4 Å². The van der Waals surface area contributed by atoms with Crippen LogP contribution in [-0.4, -0.2) is 64.7 Å². The molecule has 20 heavy (non-hydrogen) atoms. The average Bonchev–Trinajstić information content (AvgIpc) is 2.19. The van der Waals surface area contributed by atoms with Crippen molar-refractivity contribution in [2.24, 2.45) is 0 Å². The Morgan fingerprint density at radius 1 is 1.10 bits per heavy atom. The Labute approximate surface area is 117 Å². The zero-order valence-corrected chi connectivity index (χ0v) is 13.0. The quantitative estimate of drug-likeness (QED) is 0.420. The molecule has 0 radical (unpaired) electrons. The topological polar surface area (TPSA) is 46.2 Å². The molecule has 0 aromatic carbocycles. The predicted octanol–water partition coefficient (Wildman–Crippen LogP) is 1.68. The number of hydrogen-bond acceptors (Lipinski definition) is 2. The van der Waals surface area contributed by atoms with Gasteiger partial charge in [0.25, 0.3) is 0 Å². The molecule has 0 aliphatic heterocycles. The van der Waals surface area contributed by atoms with Gasteiger partial charge in [-0.1, -0.05) is 0 Å². The number of hydrogen-bond donors (Lipinski definition) is 1. The van der Waals surface area contributed by atoms with Crippen molar-refractivity contribution in [2.45, 2.75) is 31.6 Å². The van der Waals surface area contributed by atoms with Crippen LogP contribution in [0.25, 0.3) is 0 Å². The minimum atomic E-state index is -5.06. The van der Waals surface area contributed by atoms with Gasteiger partial charge < -0.3 is 4.48 Å². The lowest BCUT2D eigenvalue weighted by Crippen LogP contribution is -2.41. The lowest BCUT2D eigenvalue weighted by molar-refractivity contribution is -0.870. The number of sulfonamides is 1. The third kappa shape index (κ3) is 8.01. The van der Waals surface area contributed by atoms with Crippen LogP contribution < -0.4 is 4.72 Å². The molecule has 0 saturated heterocycles. The van der Waals surface area contributed by atoms with Crippen molar-refractivity contribution in [3.8, 4) is 0 Å². The average molecular weight is 323 g/mol. The lowest BCUT2D eigenvalue weighted by Gasteiger charge is -2.24. The highest BCUT2D eigenvalue weighted by atomic mass is 32.2. The first-order valence-electron chi connectivity index (χ1n) is 6.20. The molecule has 0 aromatic heterocycles. The summed E-state index contributed by atoms with van der Waals surface area (Å²) in [7, 11) is 1.92. The fourth-order valence-electron chi connectivity index (χ4n) is 1.32. The highest BCUT2D eigenvalue weighted by Gasteiger charge is 2.52. The van der Waals surface area contributed by atoms with Crippen molar-refractivity contribution in [3.05, 3.63) is 0 Å². The van der Waals surface area contributed by atoms with Gasteiger partial charge in [-0.15, -0.1) is 0 Å². The van der Waals surface area contributed by atoms with Crippen LogP contribution in [0.2, 0.25) is 0 Å². The van der Waals surface area contributed by atoms with Gasteiger partial charge in [-0.25, -0.2) is 17.5 Å². The van der Waals surface area contributed by atoms with Gasteiger partial charge in [0.2, 0.25) is 15.7 Å². The van der Waals surface area contributed by atoms with Crippen molar-refractivity contribution >= 4 is 10.0 Å². The van der Waals surface area contributed by atoms with Crippen molar-refractivity contribution in [1.82, 2.24) is 4.72 Å². The zero-order chi connectivity index (χ0) is 16.2. The molecule has 0 spiro atoms. The minimum Gasteiger partial charge on any atom is -0.331 e. The SMILES string of the molecule is CC(F)(CCS(=O)(=O)NCCC[N+](C)(C)C)C(F)(F)F. The van der Waals surface area contributed by atoms with Gasteiger partial charge in [0.15, 0.2) is 0 Å². The summed E-state index contributed by atoms with van der Waals surface area (Å²) in [6, 6.07) is 0. The number of nitrogens with zero attached hydrogens (tertiary/aromatic N) is 1. The Morgan fingerprint density at radius 2 is 1.60 bits per heavy atom. The van der Waals surface area contributed by atoms with Crippen LogP contribution in [0.1, 0.15) is 19.8 Å². The molecule has 0 amide bonds. The first-order valence-corrected chi connectivity index (χ1v) is 7.85. The van der Waals surface area contributed by atoms with E-state index in [1.807, 2.05) is 21.1 Å². The molecule has 0 rings (SSSR count). The van der Waals surface area contributed by atoms with Gasteiger partial charge in [0.05, 0.1) is 33.4 Å². The van der Waals surface area contributed by atoms with E-state index in [1.54, 1.807) is 0 Å². The zero-order valence-electron chi connectivity index (χ0n) is 12.2. The summed E-state index contributed by atoms with van der Waals surface area (Å²) in [6.45, 7) is 1.19. The van der Waals surface area contributed by atoms with E-state index >= 15 is 0 Å². The molecule has 0 saturated carbocycles. The van der Waals surface area contributed by atoms with Crippen LogP contribution >= 0.6 is 0 Å². The van der Waals surface area contributed by atoms with E-state index in [1.165, 1.54) is 0 Å². The molecule has 9 heteroatoms. The van der Waals surface area contributed by atoms with Crippen molar-refractivity contribution in [2.75, 3.05) is 40.0 Å². The summed E-state index contributed by atoms with van der Waals surface area (Å²) >= 11 is 0. The Morgan fingerprint density at radius 3 is 2.00 bits per heavy atom. The standard InChI is InChI=1S/C11H23F4N2O2S/c1-10(12,11(13,14)15)6-9-20(18,19)16-7-5-8-17(2,3)4/h16H,5-9H2,1-4H3/q+1. The van der Waals surface area contributed by atoms with E-state index in [-0.39, 0.29) is 6.54 Å². The highest BCUT2D eigenvalue weighted by molar-refractivity contribution is 7.89. The van der Waals surface area contributed by atoms with E-state index in [0.29, 0.717) is 24.4 Å². The largest absolute Gasteiger partial charge is 0.422 e. The molecule has 0 aromatic rings. The normalized spacial score (nSPS) is 17.0. The van der Waals surface area contributed by atoms with E-state index < -0.39 is 34.0 Å². The first-order chi connectivity index (χ1) is 8.66. The van der Waals surface area contributed by atoms with E-state index in [4.69, 9.17) is 0 Å². The number of quaternary nitrogens is 1. The summed E-state index contributed by atoms with van der Waals surface area (Å²) in [4.78, 5) is 0. The van der Waals surface area contributed by atoms with Crippen LogP contribution in [0, 0.1) is 0 Å². The third-order valence-electron chi connectivity index (χ3n) is 2.76. The molecule has 122 valence electrons. The number of alkyl halides is 4. The van der Waals surface area contributed by atoms with Crippen molar-refractivity contribution in [1.29, 1.82) is 0 Å². The molecular weight excluding hydrogens is 300 g/mol. The van der Waals surface area contributed by atoms with Crippen LogP contribution in [0.15, 0.2) is 0 Å². The smallest absolute Gasteiger partial charge is 0.331 e. The molecule has 0 aliphatic rings. The van der Waals surface area contributed by atoms with Gasteiger partial charge in [-0.2, -0.15) is 13.2 Å². The Kier molecular flexibility index (Phi) is 6.43. The highest BCUT2D eigenvalue weighted by Crippen LogP contribution is 2.36. The molecule has 0 heterocycles. The molecule has 0 bridgehead atoms. The Balaban J connectivity index is 4.22. The molecular formula is C11H23F4N2O2S+. The lowest BCUT2D eigenvalue weighted by atomic mass is 10.1. The van der Waals surface area contributed by atoms with E-state index in [9.17, 15) is 26.0 Å². The van der Waals surface area contributed by atoms with Gasteiger partial charge in [0.1, 0.15) is 0 Å². The predicted molar refractivity (Wildman–Crippen MR) is 69.5 cm³/mol.